The minimum absolute atomic E-state index is 0.738. The van der Waals surface area contributed by atoms with Crippen molar-refractivity contribution >= 4 is 57.2 Å². The van der Waals surface area contributed by atoms with Crippen LogP contribution < -0.4 is 5.46 Å². The number of furan rings is 2. The molecule has 0 aliphatic rings. The molecule has 0 aliphatic heterocycles. The highest BCUT2D eigenvalue weighted by molar-refractivity contribution is 6.33. The molecule has 0 saturated carbocycles. The van der Waals surface area contributed by atoms with Gasteiger partial charge in [-0.1, -0.05) is 47.9 Å². The molecule has 0 spiro atoms. The second-order valence-electron chi connectivity index (χ2n) is 6.88. The molecule has 0 unspecified atom stereocenters. The third-order valence-electron chi connectivity index (χ3n) is 5.20. The molecule has 0 fully saturated rings. The van der Waals surface area contributed by atoms with Crippen LogP contribution in [0, 0.1) is 0 Å². The monoisotopic (exact) mass is 344 g/mol. The van der Waals surface area contributed by atoms with Crippen LogP contribution in [0.25, 0.3) is 55.0 Å². The van der Waals surface area contributed by atoms with Gasteiger partial charge >= 0.3 is 0 Å². The maximum atomic E-state index is 5.97. The van der Waals surface area contributed by atoms with Crippen LogP contribution in [0.2, 0.25) is 0 Å². The Labute approximate surface area is 156 Å². The molecule has 4 aromatic carbocycles. The summed E-state index contributed by atoms with van der Waals surface area (Å²) in [6.45, 7) is 0. The van der Waals surface area contributed by atoms with Gasteiger partial charge in [0.1, 0.15) is 30.2 Å². The summed E-state index contributed by atoms with van der Waals surface area (Å²) in [5.74, 6) is 0. The molecule has 2 radical (unpaired) electrons. The van der Waals surface area contributed by atoms with Crippen LogP contribution in [-0.4, -0.2) is 7.85 Å². The third kappa shape index (κ3) is 2.15. The van der Waals surface area contributed by atoms with E-state index in [2.05, 4.69) is 30.3 Å². The zero-order valence-electron chi connectivity index (χ0n) is 14.4. The molecule has 0 atom stereocenters. The van der Waals surface area contributed by atoms with E-state index in [1.54, 1.807) is 0 Å². The lowest BCUT2D eigenvalue weighted by atomic mass is 9.94. The molecular formula is C24H13BO2. The minimum atomic E-state index is 0.738. The standard InChI is InChI=1S/C24H13BO2/c25-16-7-10-24-20(13-16)19-12-15(6-9-23(19)27-24)14-5-8-22-18(11-14)17-3-1-2-4-21(17)26-22/h1-13H. The Balaban J connectivity index is 1.61. The van der Waals surface area contributed by atoms with Gasteiger partial charge in [-0.25, -0.2) is 0 Å². The largest absolute Gasteiger partial charge is 0.456 e. The highest BCUT2D eigenvalue weighted by Gasteiger charge is 2.11. The van der Waals surface area contributed by atoms with Crippen LogP contribution in [0.3, 0.4) is 0 Å². The minimum Gasteiger partial charge on any atom is -0.456 e. The molecule has 0 bridgehead atoms. The average molecular weight is 344 g/mol. The van der Waals surface area contributed by atoms with Gasteiger partial charge in [0.25, 0.3) is 0 Å². The maximum Gasteiger partial charge on any atom is 0.135 e. The summed E-state index contributed by atoms with van der Waals surface area (Å²) in [5, 5.41) is 4.38. The van der Waals surface area contributed by atoms with Crippen molar-refractivity contribution in [2.75, 3.05) is 0 Å². The Morgan fingerprint density at radius 1 is 0.481 bits per heavy atom. The Kier molecular flexibility index (Phi) is 2.87. The topological polar surface area (TPSA) is 26.3 Å². The van der Waals surface area contributed by atoms with Gasteiger partial charge in [-0.2, -0.15) is 0 Å². The van der Waals surface area contributed by atoms with Crippen molar-refractivity contribution in [2.45, 2.75) is 0 Å². The molecule has 2 nitrogen and oxygen atoms in total. The molecule has 6 rings (SSSR count). The van der Waals surface area contributed by atoms with Crippen LogP contribution in [0.1, 0.15) is 0 Å². The molecule has 0 aliphatic carbocycles. The Hall–Kier alpha value is -3.46. The van der Waals surface area contributed by atoms with Gasteiger partial charge < -0.3 is 8.83 Å². The summed E-state index contributed by atoms with van der Waals surface area (Å²) in [5.41, 5.74) is 6.57. The smallest absolute Gasteiger partial charge is 0.135 e. The van der Waals surface area contributed by atoms with Crippen molar-refractivity contribution in [3.63, 3.8) is 0 Å². The number of fused-ring (bicyclic) bond motifs is 6. The molecule has 124 valence electrons. The van der Waals surface area contributed by atoms with Crippen molar-refractivity contribution in [3.05, 3.63) is 78.9 Å². The first kappa shape index (κ1) is 14.7. The predicted molar refractivity (Wildman–Crippen MR) is 112 cm³/mol. The molecule has 27 heavy (non-hydrogen) atoms. The second-order valence-corrected chi connectivity index (χ2v) is 6.88. The molecule has 2 heterocycles. The maximum absolute atomic E-state index is 5.97. The molecular weight excluding hydrogens is 331 g/mol. The summed E-state index contributed by atoms with van der Waals surface area (Å²) in [4.78, 5) is 0. The van der Waals surface area contributed by atoms with E-state index in [4.69, 9.17) is 16.7 Å². The van der Waals surface area contributed by atoms with Gasteiger partial charge in [0.05, 0.1) is 0 Å². The zero-order valence-corrected chi connectivity index (χ0v) is 14.4. The predicted octanol–water partition coefficient (Wildman–Crippen LogP) is 5.95. The highest BCUT2D eigenvalue weighted by Crippen LogP contribution is 2.35. The Bertz CT molecular complexity index is 1490. The summed E-state index contributed by atoms with van der Waals surface area (Å²) in [6, 6.07) is 26.5. The van der Waals surface area contributed by atoms with Crippen LogP contribution in [0.15, 0.2) is 87.7 Å². The second kappa shape index (κ2) is 5.27. The lowest BCUT2D eigenvalue weighted by Crippen LogP contribution is -1.98. The van der Waals surface area contributed by atoms with E-state index in [1.165, 1.54) is 0 Å². The van der Waals surface area contributed by atoms with E-state index >= 15 is 0 Å². The van der Waals surface area contributed by atoms with Gasteiger partial charge in [-0.3, -0.25) is 0 Å². The first-order valence-electron chi connectivity index (χ1n) is 8.90. The van der Waals surface area contributed by atoms with E-state index in [0.29, 0.717) is 0 Å². The summed E-state index contributed by atoms with van der Waals surface area (Å²) < 4.78 is 11.9. The van der Waals surface area contributed by atoms with Crippen molar-refractivity contribution in [3.8, 4) is 11.1 Å². The quantitative estimate of drug-likeness (QED) is 0.345. The molecule has 2 aromatic heterocycles. The lowest BCUT2D eigenvalue weighted by Gasteiger charge is -2.02. The normalized spacial score (nSPS) is 11.9. The first-order valence-corrected chi connectivity index (χ1v) is 8.90. The summed E-state index contributed by atoms with van der Waals surface area (Å²) >= 11 is 0. The van der Waals surface area contributed by atoms with Crippen molar-refractivity contribution in [1.82, 2.24) is 0 Å². The van der Waals surface area contributed by atoms with Gasteiger partial charge in [-0.05, 0) is 47.5 Å². The average Bonchev–Trinajstić information content (AvgIpc) is 3.25. The molecule has 6 aromatic rings. The van der Waals surface area contributed by atoms with E-state index in [-0.39, 0.29) is 0 Å². The molecule has 0 saturated heterocycles. The van der Waals surface area contributed by atoms with Crippen LogP contribution in [0.4, 0.5) is 0 Å². The van der Waals surface area contributed by atoms with E-state index in [0.717, 1.165) is 60.5 Å². The molecule has 3 heteroatoms. The van der Waals surface area contributed by atoms with Crippen molar-refractivity contribution < 1.29 is 8.83 Å². The lowest BCUT2D eigenvalue weighted by molar-refractivity contribution is 0.668. The molecule has 0 amide bonds. The van der Waals surface area contributed by atoms with E-state index in [1.807, 2.05) is 48.5 Å². The van der Waals surface area contributed by atoms with Gasteiger partial charge in [0.2, 0.25) is 0 Å². The fourth-order valence-corrected chi connectivity index (χ4v) is 3.88. The number of rotatable bonds is 1. The molecule has 0 N–H and O–H groups in total. The Morgan fingerprint density at radius 2 is 1.00 bits per heavy atom. The fourth-order valence-electron chi connectivity index (χ4n) is 3.88. The highest BCUT2D eigenvalue weighted by atomic mass is 16.3. The summed E-state index contributed by atoms with van der Waals surface area (Å²) in [6.07, 6.45) is 0. The number of para-hydroxylation sites is 1. The van der Waals surface area contributed by atoms with Crippen LogP contribution >= 0.6 is 0 Å². The van der Waals surface area contributed by atoms with E-state index < -0.39 is 0 Å². The van der Waals surface area contributed by atoms with Gasteiger partial charge in [0.15, 0.2) is 0 Å². The van der Waals surface area contributed by atoms with Crippen molar-refractivity contribution in [2.24, 2.45) is 0 Å². The fraction of sp³-hybridized carbons (Fsp3) is 0. The number of benzene rings is 4. The first-order chi connectivity index (χ1) is 13.3. The van der Waals surface area contributed by atoms with E-state index in [9.17, 15) is 0 Å². The summed E-state index contributed by atoms with van der Waals surface area (Å²) in [7, 11) is 5.97. The Morgan fingerprint density at radius 3 is 1.70 bits per heavy atom. The number of hydrogen-bond donors (Lipinski definition) is 0. The van der Waals surface area contributed by atoms with Gasteiger partial charge in [-0.15, -0.1) is 0 Å². The van der Waals surface area contributed by atoms with Gasteiger partial charge in [0, 0.05) is 21.5 Å². The number of hydrogen-bond acceptors (Lipinski definition) is 2. The van der Waals surface area contributed by atoms with Crippen LogP contribution in [-0.2, 0) is 0 Å². The third-order valence-corrected chi connectivity index (χ3v) is 5.20. The SMILES string of the molecule is [B]c1ccc2oc3ccc(-c4ccc5oc6ccccc6c5c4)cc3c2c1. The van der Waals surface area contributed by atoms with Crippen LogP contribution in [0.5, 0.6) is 0 Å². The zero-order chi connectivity index (χ0) is 18.0. The van der Waals surface area contributed by atoms with Crippen molar-refractivity contribution in [1.29, 1.82) is 0 Å².